The van der Waals surface area contributed by atoms with Gasteiger partial charge in [0, 0.05) is 6.54 Å². The lowest BCUT2D eigenvalue weighted by molar-refractivity contribution is -0.120. The van der Waals surface area contributed by atoms with Crippen LogP contribution in [0.1, 0.15) is 35.1 Å². The van der Waals surface area contributed by atoms with Crippen LogP contribution in [0.5, 0.6) is 0 Å². The highest BCUT2D eigenvalue weighted by atomic mass is 19.1. The summed E-state index contributed by atoms with van der Waals surface area (Å²) in [6.07, 6.45) is 5.70. The van der Waals surface area contributed by atoms with Gasteiger partial charge in [0.15, 0.2) is 0 Å². The van der Waals surface area contributed by atoms with Crippen molar-refractivity contribution in [3.8, 4) is 0 Å². The van der Waals surface area contributed by atoms with Gasteiger partial charge in [-0.2, -0.15) is 0 Å². The van der Waals surface area contributed by atoms with Gasteiger partial charge < -0.3 is 5.32 Å². The fraction of sp³-hybridized carbons (Fsp3) is 0.350. The highest BCUT2D eigenvalue weighted by Crippen LogP contribution is 2.22. The van der Waals surface area contributed by atoms with E-state index in [0.717, 1.165) is 18.4 Å². The third-order valence-electron chi connectivity index (χ3n) is 4.45. The molecular formula is C20H22FNO. The molecule has 0 atom stereocenters. The molecule has 23 heavy (non-hydrogen) atoms. The molecule has 2 aromatic carbocycles. The zero-order valence-electron chi connectivity index (χ0n) is 13.3. The van der Waals surface area contributed by atoms with E-state index in [1.54, 1.807) is 12.1 Å². The SMILES string of the molecule is O=C(Cc1ccc2c(c1)CCCC2)NCCc1ccccc1F. The lowest BCUT2D eigenvalue weighted by Crippen LogP contribution is -2.27. The fourth-order valence-electron chi connectivity index (χ4n) is 3.18. The maximum atomic E-state index is 13.5. The summed E-state index contributed by atoms with van der Waals surface area (Å²) in [6.45, 7) is 0.463. The first-order valence-electron chi connectivity index (χ1n) is 8.33. The number of benzene rings is 2. The molecule has 0 fully saturated rings. The number of amides is 1. The summed E-state index contributed by atoms with van der Waals surface area (Å²) in [6, 6.07) is 13.1. The Labute approximate surface area is 136 Å². The van der Waals surface area contributed by atoms with Gasteiger partial charge in [-0.25, -0.2) is 4.39 Å². The van der Waals surface area contributed by atoms with Gasteiger partial charge in [0.2, 0.25) is 5.91 Å². The third-order valence-corrected chi connectivity index (χ3v) is 4.45. The van der Waals surface area contributed by atoms with E-state index in [1.807, 2.05) is 6.07 Å². The monoisotopic (exact) mass is 311 g/mol. The number of hydrogen-bond acceptors (Lipinski definition) is 1. The maximum absolute atomic E-state index is 13.5. The molecule has 1 aliphatic rings. The second-order valence-electron chi connectivity index (χ2n) is 6.18. The molecule has 0 unspecified atom stereocenters. The van der Waals surface area contributed by atoms with Crippen LogP contribution in [0.2, 0.25) is 0 Å². The first kappa shape index (κ1) is 15.7. The highest BCUT2D eigenvalue weighted by Gasteiger charge is 2.11. The molecule has 1 amide bonds. The maximum Gasteiger partial charge on any atom is 0.224 e. The van der Waals surface area contributed by atoms with Crippen molar-refractivity contribution in [3.63, 3.8) is 0 Å². The largest absolute Gasteiger partial charge is 0.355 e. The minimum Gasteiger partial charge on any atom is -0.355 e. The molecule has 1 aliphatic carbocycles. The topological polar surface area (TPSA) is 29.1 Å². The molecule has 120 valence electrons. The van der Waals surface area contributed by atoms with E-state index in [0.29, 0.717) is 24.9 Å². The minimum absolute atomic E-state index is 0.00269. The Bertz CT molecular complexity index is 696. The first-order valence-corrected chi connectivity index (χ1v) is 8.33. The van der Waals surface area contributed by atoms with Gasteiger partial charge in [0.25, 0.3) is 0 Å². The fourth-order valence-corrected chi connectivity index (χ4v) is 3.18. The predicted octanol–water partition coefficient (Wildman–Crippen LogP) is 3.61. The molecule has 0 saturated heterocycles. The van der Waals surface area contributed by atoms with Gasteiger partial charge in [-0.1, -0.05) is 36.4 Å². The Morgan fingerprint density at radius 2 is 1.83 bits per heavy atom. The zero-order chi connectivity index (χ0) is 16.1. The number of aryl methyl sites for hydroxylation is 2. The number of fused-ring (bicyclic) bond motifs is 1. The smallest absolute Gasteiger partial charge is 0.224 e. The van der Waals surface area contributed by atoms with Crippen LogP contribution in [0.25, 0.3) is 0 Å². The standard InChI is InChI=1S/C20H22FNO/c21-19-8-4-3-6-17(19)11-12-22-20(23)14-15-9-10-16-5-1-2-7-18(16)13-15/h3-4,6,8-10,13H,1-2,5,7,11-12,14H2,(H,22,23). The van der Waals surface area contributed by atoms with Crippen LogP contribution in [0.4, 0.5) is 4.39 Å². The Hall–Kier alpha value is -2.16. The van der Waals surface area contributed by atoms with Crippen molar-refractivity contribution in [2.45, 2.75) is 38.5 Å². The Morgan fingerprint density at radius 3 is 2.65 bits per heavy atom. The van der Waals surface area contributed by atoms with Gasteiger partial charge in [-0.05, 0) is 60.4 Å². The zero-order valence-corrected chi connectivity index (χ0v) is 13.3. The van der Waals surface area contributed by atoms with Crippen molar-refractivity contribution in [3.05, 3.63) is 70.5 Å². The highest BCUT2D eigenvalue weighted by molar-refractivity contribution is 5.78. The lowest BCUT2D eigenvalue weighted by Gasteiger charge is -2.16. The molecule has 0 spiro atoms. The van der Waals surface area contributed by atoms with Crippen LogP contribution >= 0.6 is 0 Å². The molecule has 3 rings (SSSR count). The Balaban J connectivity index is 1.50. The summed E-state index contributed by atoms with van der Waals surface area (Å²) in [5.74, 6) is -0.214. The predicted molar refractivity (Wildman–Crippen MR) is 89.9 cm³/mol. The van der Waals surface area contributed by atoms with Crippen molar-refractivity contribution < 1.29 is 9.18 Å². The molecule has 2 nitrogen and oxygen atoms in total. The summed E-state index contributed by atoms with van der Waals surface area (Å²) >= 11 is 0. The molecule has 3 heteroatoms. The van der Waals surface area contributed by atoms with Crippen molar-refractivity contribution in [2.75, 3.05) is 6.54 Å². The van der Waals surface area contributed by atoms with Crippen LogP contribution in [-0.4, -0.2) is 12.5 Å². The summed E-state index contributed by atoms with van der Waals surface area (Å²) in [5.41, 5.74) is 4.53. The van der Waals surface area contributed by atoms with Crippen LogP contribution < -0.4 is 5.32 Å². The van der Waals surface area contributed by atoms with E-state index in [4.69, 9.17) is 0 Å². The van der Waals surface area contributed by atoms with Crippen LogP contribution in [0.3, 0.4) is 0 Å². The average Bonchev–Trinajstić information content (AvgIpc) is 2.56. The Kier molecular flexibility index (Phi) is 5.06. The van der Waals surface area contributed by atoms with E-state index in [9.17, 15) is 9.18 Å². The first-order chi connectivity index (χ1) is 11.2. The van der Waals surface area contributed by atoms with Crippen molar-refractivity contribution >= 4 is 5.91 Å². The summed E-state index contributed by atoms with van der Waals surface area (Å²) in [7, 11) is 0. The number of halogens is 1. The van der Waals surface area contributed by atoms with Crippen LogP contribution in [0, 0.1) is 5.82 Å². The third kappa shape index (κ3) is 4.19. The van der Waals surface area contributed by atoms with Gasteiger partial charge >= 0.3 is 0 Å². The second-order valence-corrected chi connectivity index (χ2v) is 6.18. The average molecular weight is 311 g/mol. The molecule has 0 aromatic heterocycles. The second kappa shape index (κ2) is 7.40. The van der Waals surface area contributed by atoms with E-state index >= 15 is 0 Å². The van der Waals surface area contributed by atoms with Gasteiger partial charge in [-0.15, -0.1) is 0 Å². The number of carbonyl (C=O) groups excluding carboxylic acids is 1. The van der Waals surface area contributed by atoms with Gasteiger partial charge in [-0.3, -0.25) is 4.79 Å². The molecule has 0 radical (unpaired) electrons. The van der Waals surface area contributed by atoms with Crippen LogP contribution in [0.15, 0.2) is 42.5 Å². The minimum atomic E-state index is -0.212. The number of nitrogens with one attached hydrogen (secondary N) is 1. The lowest BCUT2D eigenvalue weighted by atomic mass is 9.90. The molecule has 0 heterocycles. The van der Waals surface area contributed by atoms with Gasteiger partial charge in [0.05, 0.1) is 6.42 Å². The van der Waals surface area contributed by atoms with Crippen molar-refractivity contribution in [1.29, 1.82) is 0 Å². The molecule has 2 aromatic rings. The molecule has 0 bridgehead atoms. The number of carbonyl (C=O) groups is 1. The Morgan fingerprint density at radius 1 is 1.04 bits per heavy atom. The number of rotatable bonds is 5. The van der Waals surface area contributed by atoms with E-state index in [2.05, 4.69) is 23.5 Å². The molecule has 0 saturated carbocycles. The summed E-state index contributed by atoms with van der Waals surface area (Å²) < 4.78 is 13.5. The number of hydrogen-bond donors (Lipinski definition) is 1. The summed E-state index contributed by atoms with van der Waals surface area (Å²) in [4.78, 5) is 12.1. The summed E-state index contributed by atoms with van der Waals surface area (Å²) in [5, 5.41) is 2.88. The van der Waals surface area contributed by atoms with E-state index < -0.39 is 0 Å². The normalized spacial score (nSPS) is 13.4. The van der Waals surface area contributed by atoms with E-state index in [-0.39, 0.29) is 11.7 Å². The van der Waals surface area contributed by atoms with Crippen molar-refractivity contribution in [2.24, 2.45) is 0 Å². The van der Waals surface area contributed by atoms with E-state index in [1.165, 1.54) is 30.0 Å². The van der Waals surface area contributed by atoms with Crippen molar-refractivity contribution in [1.82, 2.24) is 5.32 Å². The molecule has 1 N–H and O–H groups in total. The molecular weight excluding hydrogens is 289 g/mol. The van der Waals surface area contributed by atoms with Gasteiger partial charge in [0.1, 0.15) is 5.82 Å². The quantitative estimate of drug-likeness (QED) is 0.898. The molecule has 0 aliphatic heterocycles. The van der Waals surface area contributed by atoms with Crippen LogP contribution in [-0.2, 0) is 30.5 Å².